The number of benzene rings is 1. The number of amides is 1. The molecule has 1 amide bonds. The van der Waals surface area contributed by atoms with Gasteiger partial charge in [0, 0.05) is 17.4 Å². The third kappa shape index (κ3) is 6.25. The molecule has 1 unspecified atom stereocenters. The predicted molar refractivity (Wildman–Crippen MR) is 88.3 cm³/mol. The van der Waals surface area contributed by atoms with Crippen LogP contribution in [0.5, 0.6) is 0 Å². The molecule has 1 atom stereocenters. The molecule has 1 heterocycles. The highest BCUT2D eigenvalue weighted by molar-refractivity contribution is 9.10. The van der Waals surface area contributed by atoms with Gasteiger partial charge >= 0.3 is 0 Å². The van der Waals surface area contributed by atoms with E-state index in [-0.39, 0.29) is 18.3 Å². The van der Waals surface area contributed by atoms with Crippen LogP contribution in [0.3, 0.4) is 0 Å². The summed E-state index contributed by atoms with van der Waals surface area (Å²) >= 11 is 3.41. The Morgan fingerprint density at radius 2 is 2.10 bits per heavy atom. The Bertz CT molecular complexity index is 405. The van der Waals surface area contributed by atoms with Crippen molar-refractivity contribution in [2.24, 2.45) is 5.92 Å². The third-order valence-electron chi connectivity index (χ3n) is 3.59. The van der Waals surface area contributed by atoms with Crippen LogP contribution in [0, 0.1) is 5.92 Å². The highest BCUT2D eigenvalue weighted by atomic mass is 79.9. The summed E-state index contributed by atoms with van der Waals surface area (Å²) in [4.78, 5) is 11.7. The SMILES string of the molecule is Cl.O=C(CCc1ccc(Br)cc1)NCCC1CCNC1. The van der Waals surface area contributed by atoms with Crippen molar-refractivity contribution in [3.8, 4) is 0 Å². The molecule has 2 N–H and O–H groups in total. The van der Waals surface area contributed by atoms with E-state index < -0.39 is 0 Å². The first kappa shape index (κ1) is 17.5. The summed E-state index contributed by atoms with van der Waals surface area (Å²) in [7, 11) is 0. The first-order chi connectivity index (χ1) is 9.24. The van der Waals surface area contributed by atoms with Crippen LogP contribution in [-0.2, 0) is 11.2 Å². The van der Waals surface area contributed by atoms with E-state index in [2.05, 4.69) is 38.7 Å². The molecular formula is C15H22BrClN2O. The van der Waals surface area contributed by atoms with E-state index in [0.717, 1.165) is 42.9 Å². The number of hydrogen-bond acceptors (Lipinski definition) is 2. The maximum Gasteiger partial charge on any atom is 0.220 e. The minimum atomic E-state index is 0. The minimum absolute atomic E-state index is 0. The van der Waals surface area contributed by atoms with Gasteiger partial charge in [-0.25, -0.2) is 0 Å². The smallest absolute Gasteiger partial charge is 0.220 e. The Morgan fingerprint density at radius 1 is 1.35 bits per heavy atom. The molecule has 112 valence electrons. The zero-order valence-electron chi connectivity index (χ0n) is 11.5. The van der Waals surface area contributed by atoms with Crippen molar-refractivity contribution >= 4 is 34.2 Å². The third-order valence-corrected chi connectivity index (χ3v) is 4.12. The van der Waals surface area contributed by atoms with Crippen molar-refractivity contribution in [2.75, 3.05) is 19.6 Å². The van der Waals surface area contributed by atoms with Crippen molar-refractivity contribution in [3.05, 3.63) is 34.3 Å². The highest BCUT2D eigenvalue weighted by Crippen LogP contribution is 2.12. The summed E-state index contributed by atoms with van der Waals surface area (Å²) in [5, 5.41) is 6.36. The second-order valence-electron chi connectivity index (χ2n) is 5.12. The van der Waals surface area contributed by atoms with Gasteiger partial charge in [0.1, 0.15) is 0 Å². The lowest BCUT2D eigenvalue weighted by Crippen LogP contribution is -2.26. The molecular weight excluding hydrogens is 340 g/mol. The van der Waals surface area contributed by atoms with Gasteiger partial charge in [-0.1, -0.05) is 28.1 Å². The molecule has 1 saturated heterocycles. The average molecular weight is 362 g/mol. The van der Waals surface area contributed by atoms with E-state index in [1.807, 2.05) is 12.1 Å². The molecule has 1 aliphatic rings. The molecule has 0 bridgehead atoms. The maximum atomic E-state index is 11.7. The monoisotopic (exact) mass is 360 g/mol. The van der Waals surface area contributed by atoms with Crippen LogP contribution in [0.4, 0.5) is 0 Å². The topological polar surface area (TPSA) is 41.1 Å². The summed E-state index contributed by atoms with van der Waals surface area (Å²) < 4.78 is 1.07. The molecule has 0 spiro atoms. The van der Waals surface area contributed by atoms with E-state index in [1.54, 1.807) is 0 Å². The molecule has 0 radical (unpaired) electrons. The van der Waals surface area contributed by atoms with Gasteiger partial charge in [0.15, 0.2) is 0 Å². The zero-order chi connectivity index (χ0) is 13.5. The fourth-order valence-corrected chi connectivity index (χ4v) is 2.64. The largest absolute Gasteiger partial charge is 0.356 e. The molecule has 0 saturated carbocycles. The number of halogens is 2. The molecule has 1 aliphatic heterocycles. The second kappa shape index (κ2) is 9.37. The average Bonchev–Trinajstić information content (AvgIpc) is 2.91. The normalized spacial score (nSPS) is 17.6. The fourth-order valence-electron chi connectivity index (χ4n) is 2.37. The van der Waals surface area contributed by atoms with Crippen LogP contribution in [-0.4, -0.2) is 25.5 Å². The lowest BCUT2D eigenvalue weighted by atomic mass is 10.1. The summed E-state index contributed by atoms with van der Waals surface area (Å²) in [6.07, 6.45) is 3.72. The first-order valence-corrected chi connectivity index (χ1v) is 7.75. The van der Waals surface area contributed by atoms with Crippen molar-refractivity contribution in [3.63, 3.8) is 0 Å². The maximum absolute atomic E-state index is 11.7. The number of aryl methyl sites for hydroxylation is 1. The number of nitrogens with one attached hydrogen (secondary N) is 2. The van der Waals surface area contributed by atoms with E-state index in [1.165, 1.54) is 12.0 Å². The van der Waals surface area contributed by atoms with E-state index in [4.69, 9.17) is 0 Å². The minimum Gasteiger partial charge on any atom is -0.356 e. The van der Waals surface area contributed by atoms with E-state index >= 15 is 0 Å². The standard InChI is InChI=1S/C15H21BrN2O.ClH/c16-14-4-1-12(2-5-14)3-6-15(19)18-10-8-13-7-9-17-11-13;/h1-2,4-5,13,17H,3,6-11H2,(H,18,19);1H. The van der Waals surface area contributed by atoms with Crippen molar-refractivity contribution in [2.45, 2.75) is 25.7 Å². The summed E-state index contributed by atoms with van der Waals surface area (Å²) in [6, 6.07) is 8.14. The second-order valence-corrected chi connectivity index (χ2v) is 6.04. The van der Waals surface area contributed by atoms with Gasteiger partial charge in [-0.05, 0) is 56.0 Å². The van der Waals surface area contributed by atoms with Crippen LogP contribution >= 0.6 is 28.3 Å². The molecule has 1 aromatic rings. The van der Waals surface area contributed by atoms with Crippen LogP contribution in [0.15, 0.2) is 28.7 Å². The summed E-state index contributed by atoms with van der Waals surface area (Å²) in [6.45, 7) is 3.04. The lowest BCUT2D eigenvalue weighted by molar-refractivity contribution is -0.121. The Labute approximate surface area is 135 Å². The molecule has 5 heteroatoms. The van der Waals surface area contributed by atoms with Gasteiger partial charge in [-0.3, -0.25) is 4.79 Å². The first-order valence-electron chi connectivity index (χ1n) is 6.96. The number of hydrogen-bond donors (Lipinski definition) is 2. The Kier molecular flexibility index (Phi) is 8.19. The Morgan fingerprint density at radius 3 is 2.75 bits per heavy atom. The van der Waals surface area contributed by atoms with Crippen LogP contribution in [0.2, 0.25) is 0 Å². The fraction of sp³-hybridized carbons (Fsp3) is 0.533. The van der Waals surface area contributed by atoms with E-state index in [0.29, 0.717) is 6.42 Å². The van der Waals surface area contributed by atoms with Crippen molar-refractivity contribution in [1.29, 1.82) is 0 Å². The molecule has 2 rings (SSSR count). The Balaban J connectivity index is 0.00000200. The van der Waals surface area contributed by atoms with Gasteiger partial charge in [-0.2, -0.15) is 0 Å². The van der Waals surface area contributed by atoms with Gasteiger partial charge in [0.25, 0.3) is 0 Å². The highest BCUT2D eigenvalue weighted by Gasteiger charge is 2.13. The molecule has 1 fully saturated rings. The molecule has 20 heavy (non-hydrogen) atoms. The van der Waals surface area contributed by atoms with Crippen molar-refractivity contribution < 1.29 is 4.79 Å². The number of carbonyl (C=O) groups is 1. The van der Waals surface area contributed by atoms with Gasteiger partial charge in [0.05, 0.1) is 0 Å². The predicted octanol–water partition coefficient (Wildman–Crippen LogP) is 2.92. The van der Waals surface area contributed by atoms with E-state index in [9.17, 15) is 4.79 Å². The van der Waals surface area contributed by atoms with Crippen LogP contribution < -0.4 is 10.6 Å². The Hall–Kier alpha value is -0.580. The van der Waals surface area contributed by atoms with Gasteiger partial charge in [0.2, 0.25) is 5.91 Å². The van der Waals surface area contributed by atoms with Gasteiger partial charge in [-0.15, -0.1) is 12.4 Å². The molecule has 3 nitrogen and oxygen atoms in total. The van der Waals surface area contributed by atoms with Crippen molar-refractivity contribution in [1.82, 2.24) is 10.6 Å². The van der Waals surface area contributed by atoms with Gasteiger partial charge < -0.3 is 10.6 Å². The van der Waals surface area contributed by atoms with Crippen LogP contribution in [0.25, 0.3) is 0 Å². The molecule has 1 aromatic carbocycles. The summed E-state index contributed by atoms with van der Waals surface area (Å²) in [5.41, 5.74) is 1.21. The number of carbonyl (C=O) groups excluding carboxylic acids is 1. The summed E-state index contributed by atoms with van der Waals surface area (Å²) in [5.74, 6) is 0.903. The quantitative estimate of drug-likeness (QED) is 0.818. The number of rotatable bonds is 6. The van der Waals surface area contributed by atoms with Crippen LogP contribution in [0.1, 0.15) is 24.8 Å². The zero-order valence-corrected chi connectivity index (χ0v) is 13.9. The molecule has 0 aromatic heterocycles. The molecule has 0 aliphatic carbocycles. The lowest BCUT2D eigenvalue weighted by Gasteiger charge is -2.09.